The molecule has 0 aromatic heterocycles. The molecule has 1 N–H and O–H groups in total. The molecule has 5 nitrogen and oxygen atoms in total. The maximum Gasteiger partial charge on any atom is 0.212 e. The zero-order valence-electron chi connectivity index (χ0n) is 14.9. The highest BCUT2D eigenvalue weighted by Crippen LogP contribution is 2.41. The van der Waals surface area contributed by atoms with Crippen LogP contribution in [0.2, 0.25) is 0 Å². The van der Waals surface area contributed by atoms with Crippen molar-refractivity contribution in [2.24, 2.45) is 5.92 Å². The summed E-state index contributed by atoms with van der Waals surface area (Å²) in [5.41, 5.74) is 1.78. The van der Waals surface area contributed by atoms with E-state index in [0.29, 0.717) is 5.92 Å². The Morgan fingerprint density at radius 2 is 1.85 bits per heavy atom. The van der Waals surface area contributed by atoms with Crippen LogP contribution < -0.4 is 0 Å². The van der Waals surface area contributed by atoms with Crippen LogP contribution in [-0.4, -0.2) is 42.8 Å². The van der Waals surface area contributed by atoms with E-state index >= 15 is 0 Å². The van der Waals surface area contributed by atoms with Crippen molar-refractivity contribution in [3.63, 3.8) is 0 Å². The van der Waals surface area contributed by atoms with Crippen molar-refractivity contribution < 1.29 is 13.5 Å². The summed E-state index contributed by atoms with van der Waals surface area (Å²) < 4.78 is 24.8. The minimum atomic E-state index is -3.53. The second-order valence-electron chi connectivity index (χ2n) is 7.17. The number of hydrogen-bond acceptors (Lipinski definition) is 4. The fraction of sp³-hybridized carbons (Fsp3) is 0.550. The third kappa shape index (κ3) is 3.78. The molecule has 3 rings (SSSR count). The van der Waals surface area contributed by atoms with E-state index < -0.39 is 22.1 Å². The number of nitrogens with zero attached hydrogens (tertiary/aromatic N) is 2. The van der Waals surface area contributed by atoms with Crippen molar-refractivity contribution in [3.05, 3.63) is 35.4 Å². The molecule has 0 amide bonds. The van der Waals surface area contributed by atoms with Gasteiger partial charge in [-0.2, -0.15) is 9.57 Å². The van der Waals surface area contributed by atoms with Gasteiger partial charge in [0.25, 0.3) is 0 Å². The zero-order valence-corrected chi connectivity index (χ0v) is 15.7. The number of aliphatic hydroxyl groups excluding tert-OH is 1. The summed E-state index contributed by atoms with van der Waals surface area (Å²) in [5, 5.41) is 19.0. The van der Waals surface area contributed by atoms with Crippen LogP contribution in [0.5, 0.6) is 0 Å². The molecule has 6 heteroatoms. The Morgan fingerprint density at radius 3 is 2.38 bits per heavy atom. The van der Waals surface area contributed by atoms with Gasteiger partial charge in [0.15, 0.2) is 0 Å². The first kappa shape index (κ1) is 18.9. The van der Waals surface area contributed by atoms with E-state index in [4.69, 9.17) is 0 Å². The molecule has 1 saturated carbocycles. The standard InChI is InChI=1S/C20H24N2O3S/c1-26(24,25)22-18(13-21)20(19(22)14-23)17-11-9-16(10-12-17)8-7-15-5-3-2-4-6-15/h9-12,15,18-20,23H,2-6,14H2,1H3/t18-,19-,20+/m1/s1. The maximum atomic E-state index is 11.9. The minimum Gasteiger partial charge on any atom is -0.395 e. The Bertz CT molecular complexity index is 840. The Kier molecular flexibility index (Phi) is 5.67. The van der Waals surface area contributed by atoms with Crippen LogP contribution in [0.25, 0.3) is 0 Å². The van der Waals surface area contributed by atoms with E-state index in [1.54, 1.807) is 0 Å². The van der Waals surface area contributed by atoms with Gasteiger partial charge in [0.2, 0.25) is 10.0 Å². The quantitative estimate of drug-likeness (QED) is 0.825. The van der Waals surface area contributed by atoms with Gasteiger partial charge in [-0.25, -0.2) is 8.42 Å². The largest absolute Gasteiger partial charge is 0.395 e. The smallest absolute Gasteiger partial charge is 0.212 e. The van der Waals surface area contributed by atoms with Crippen LogP contribution >= 0.6 is 0 Å². The first-order valence-electron chi connectivity index (χ1n) is 9.06. The van der Waals surface area contributed by atoms with Gasteiger partial charge in [-0.3, -0.25) is 0 Å². The minimum absolute atomic E-state index is 0.306. The van der Waals surface area contributed by atoms with Crippen molar-refractivity contribution >= 4 is 10.0 Å². The summed E-state index contributed by atoms with van der Waals surface area (Å²) in [6.45, 7) is -0.306. The highest BCUT2D eigenvalue weighted by Gasteiger charge is 2.53. The van der Waals surface area contributed by atoms with E-state index in [2.05, 4.69) is 17.9 Å². The monoisotopic (exact) mass is 372 g/mol. The lowest BCUT2D eigenvalue weighted by atomic mass is 9.78. The number of rotatable bonds is 3. The zero-order chi connectivity index (χ0) is 18.7. The molecule has 138 valence electrons. The molecule has 0 bridgehead atoms. The molecule has 1 aromatic rings. The van der Waals surface area contributed by atoms with Crippen molar-refractivity contribution in [2.75, 3.05) is 12.9 Å². The fourth-order valence-corrected chi connectivity index (χ4v) is 5.32. The summed E-state index contributed by atoms with van der Waals surface area (Å²) in [7, 11) is -3.53. The van der Waals surface area contributed by atoms with Crippen LogP contribution in [0.4, 0.5) is 0 Å². The molecular weight excluding hydrogens is 348 g/mol. The Hall–Kier alpha value is -1.86. The molecule has 2 aliphatic rings. The lowest BCUT2D eigenvalue weighted by Crippen LogP contribution is -2.64. The second kappa shape index (κ2) is 7.80. The summed E-state index contributed by atoms with van der Waals surface area (Å²) in [5.74, 6) is 6.75. The third-order valence-electron chi connectivity index (χ3n) is 5.38. The molecule has 1 heterocycles. The molecule has 3 atom stereocenters. The molecule has 26 heavy (non-hydrogen) atoms. The van der Waals surface area contributed by atoms with Gasteiger partial charge in [0.1, 0.15) is 6.04 Å². The highest BCUT2D eigenvalue weighted by molar-refractivity contribution is 7.88. The van der Waals surface area contributed by atoms with Crippen LogP contribution in [0, 0.1) is 29.1 Å². The molecule has 0 radical (unpaired) electrons. The highest BCUT2D eigenvalue weighted by atomic mass is 32.2. The van der Waals surface area contributed by atoms with Crippen molar-refractivity contribution in [2.45, 2.75) is 50.1 Å². The number of nitriles is 1. The molecule has 1 saturated heterocycles. The topological polar surface area (TPSA) is 81.4 Å². The van der Waals surface area contributed by atoms with Gasteiger partial charge in [0.05, 0.1) is 25.0 Å². The van der Waals surface area contributed by atoms with E-state index in [1.807, 2.05) is 24.3 Å². The first-order valence-corrected chi connectivity index (χ1v) is 10.9. The van der Waals surface area contributed by atoms with Crippen molar-refractivity contribution in [3.8, 4) is 17.9 Å². The lowest BCUT2D eigenvalue weighted by molar-refractivity contribution is 0.0564. The third-order valence-corrected chi connectivity index (χ3v) is 6.64. The molecule has 2 fully saturated rings. The van der Waals surface area contributed by atoms with E-state index in [-0.39, 0.29) is 12.5 Å². The predicted octanol–water partition coefficient (Wildman–Crippen LogP) is 2.23. The fourth-order valence-electron chi connectivity index (χ4n) is 4.04. The average molecular weight is 372 g/mol. The molecule has 0 spiro atoms. The van der Waals surface area contributed by atoms with E-state index in [9.17, 15) is 18.8 Å². The molecule has 0 unspecified atom stereocenters. The van der Waals surface area contributed by atoms with Gasteiger partial charge in [-0.05, 0) is 30.5 Å². The molecular formula is C20H24N2O3S. The van der Waals surface area contributed by atoms with Crippen molar-refractivity contribution in [1.29, 1.82) is 5.26 Å². The molecule has 1 aromatic carbocycles. The SMILES string of the molecule is CS(=O)(=O)N1[C@H](C#N)[C@H](c2ccc(C#CC3CCCCC3)cc2)[C@H]1CO. The Morgan fingerprint density at radius 1 is 1.19 bits per heavy atom. The lowest BCUT2D eigenvalue weighted by Gasteiger charge is -2.49. The number of aliphatic hydroxyl groups is 1. The van der Waals surface area contributed by atoms with E-state index in [1.165, 1.54) is 32.1 Å². The normalized spacial score (nSPS) is 27.0. The van der Waals surface area contributed by atoms with Crippen molar-refractivity contribution in [1.82, 2.24) is 4.31 Å². The Balaban J connectivity index is 1.76. The molecule has 1 aliphatic heterocycles. The maximum absolute atomic E-state index is 11.9. The van der Waals surface area contributed by atoms with Gasteiger partial charge in [-0.1, -0.05) is 43.2 Å². The van der Waals surface area contributed by atoms with Gasteiger partial charge >= 0.3 is 0 Å². The van der Waals surface area contributed by atoms with Crippen LogP contribution in [0.3, 0.4) is 0 Å². The van der Waals surface area contributed by atoms with E-state index in [0.717, 1.165) is 21.7 Å². The Labute approximate surface area is 155 Å². The van der Waals surface area contributed by atoms with Crippen LogP contribution in [-0.2, 0) is 10.0 Å². The van der Waals surface area contributed by atoms with Crippen LogP contribution in [0.1, 0.15) is 49.1 Å². The summed E-state index contributed by atoms with van der Waals surface area (Å²) in [4.78, 5) is 0. The second-order valence-corrected chi connectivity index (χ2v) is 9.06. The van der Waals surface area contributed by atoms with Gasteiger partial charge in [-0.15, -0.1) is 0 Å². The summed E-state index contributed by atoms with van der Waals surface area (Å²) in [6.07, 6.45) is 7.25. The summed E-state index contributed by atoms with van der Waals surface area (Å²) >= 11 is 0. The number of hydrogen-bond donors (Lipinski definition) is 1. The first-order chi connectivity index (χ1) is 12.5. The number of sulfonamides is 1. The van der Waals surface area contributed by atoms with Crippen LogP contribution in [0.15, 0.2) is 24.3 Å². The average Bonchev–Trinajstić information content (AvgIpc) is 2.60. The molecule has 1 aliphatic carbocycles. The predicted molar refractivity (Wildman–Crippen MR) is 99.6 cm³/mol. The van der Waals surface area contributed by atoms with Gasteiger partial charge in [0, 0.05) is 17.4 Å². The summed E-state index contributed by atoms with van der Waals surface area (Å²) in [6, 6.07) is 8.31. The number of benzene rings is 1. The van der Waals surface area contributed by atoms with Gasteiger partial charge < -0.3 is 5.11 Å².